The van der Waals surface area contributed by atoms with Crippen LogP contribution in [0.4, 0.5) is 10.1 Å². The van der Waals surface area contributed by atoms with E-state index in [1.165, 1.54) is 12.1 Å². The average Bonchev–Trinajstić information content (AvgIpc) is 3.13. The molecule has 7 heteroatoms. The van der Waals surface area contributed by atoms with Crippen molar-refractivity contribution >= 4 is 38.6 Å². The van der Waals surface area contributed by atoms with Gasteiger partial charge in [0.05, 0.1) is 11.1 Å². The standard InChI is InChI=1S/C22H16BrFN2O3/c1-2-28-19-8-6-13(11-17(19)23)21(27)25-16-7-9-20-18(12-16)26-22(29-20)14-4-3-5-15(24)10-14/h3-12H,2H2,1H3,(H,25,27). The number of ether oxygens (including phenoxy) is 1. The van der Waals surface area contributed by atoms with Crippen molar-refractivity contribution in [1.82, 2.24) is 4.98 Å². The number of halogens is 2. The molecule has 1 heterocycles. The zero-order valence-corrected chi connectivity index (χ0v) is 17.0. The van der Waals surface area contributed by atoms with Gasteiger partial charge in [0.15, 0.2) is 5.58 Å². The van der Waals surface area contributed by atoms with E-state index in [9.17, 15) is 9.18 Å². The maximum Gasteiger partial charge on any atom is 0.255 e. The fourth-order valence-electron chi connectivity index (χ4n) is 2.87. The van der Waals surface area contributed by atoms with E-state index in [0.717, 1.165) is 0 Å². The number of carbonyl (C=O) groups excluding carboxylic acids is 1. The summed E-state index contributed by atoms with van der Waals surface area (Å²) in [5.74, 6) is 0.373. The minimum atomic E-state index is -0.362. The molecule has 1 aromatic heterocycles. The molecule has 0 unspecified atom stereocenters. The number of benzene rings is 3. The van der Waals surface area contributed by atoms with Crippen molar-refractivity contribution in [3.63, 3.8) is 0 Å². The predicted octanol–water partition coefficient (Wildman–Crippen LogP) is 6.05. The number of carbonyl (C=O) groups is 1. The van der Waals surface area contributed by atoms with Gasteiger partial charge in [0.1, 0.15) is 17.1 Å². The van der Waals surface area contributed by atoms with Gasteiger partial charge in [-0.25, -0.2) is 9.37 Å². The zero-order valence-electron chi connectivity index (χ0n) is 15.4. The smallest absolute Gasteiger partial charge is 0.255 e. The Morgan fingerprint density at radius 3 is 2.79 bits per heavy atom. The highest BCUT2D eigenvalue weighted by atomic mass is 79.9. The third kappa shape index (κ3) is 4.14. The van der Waals surface area contributed by atoms with Crippen molar-refractivity contribution in [2.24, 2.45) is 0 Å². The van der Waals surface area contributed by atoms with E-state index in [1.807, 2.05) is 6.92 Å². The first-order valence-corrected chi connectivity index (χ1v) is 9.73. The summed E-state index contributed by atoms with van der Waals surface area (Å²) < 4.78 is 25.3. The first kappa shape index (κ1) is 19.1. The van der Waals surface area contributed by atoms with Gasteiger partial charge < -0.3 is 14.5 Å². The molecule has 0 spiro atoms. The minimum Gasteiger partial charge on any atom is -0.493 e. The molecule has 3 aromatic carbocycles. The number of oxazole rings is 1. The molecule has 0 saturated heterocycles. The van der Waals surface area contributed by atoms with Gasteiger partial charge in [0, 0.05) is 16.8 Å². The van der Waals surface area contributed by atoms with Gasteiger partial charge in [0.2, 0.25) is 5.89 Å². The highest BCUT2D eigenvalue weighted by molar-refractivity contribution is 9.10. The van der Waals surface area contributed by atoms with E-state index in [2.05, 4.69) is 26.2 Å². The summed E-state index contributed by atoms with van der Waals surface area (Å²) in [7, 11) is 0. The molecule has 4 aromatic rings. The van der Waals surface area contributed by atoms with E-state index < -0.39 is 0 Å². The molecule has 146 valence electrons. The third-order valence-electron chi connectivity index (χ3n) is 4.21. The maximum absolute atomic E-state index is 13.4. The van der Waals surface area contributed by atoms with Crippen LogP contribution in [0.3, 0.4) is 0 Å². The molecule has 1 amide bonds. The van der Waals surface area contributed by atoms with E-state index in [4.69, 9.17) is 9.15 Å². The molecule has 0 bridgehead atoms. The Labute approximate surface area is 174 Å². The van der Waals surface area contributed by atoms with Gasteiger partial charge in [-0.15, -0.1) is 0 Å². The van der Waals surface area contributed by atoms with Crippen LogP contribution >= 0.6 is 15.9 Å². The van der Waals surface area contributed by atoms with Crippen LogP contribution in [0.1, 0.15) is 17.3 Å². The second-order valence-electron chi connectivity index (χ2n) is 6.24. The Kier molecular flexibility index (Phi) is 5.31. The fraction of sp³-hybridized carbons (Fsp3) is 0.0909. The van der Waals surface area contributed by atoms with Crippen LogP contribution < -0.4 is 10.1 Å². The number of anilines is 1. The van der Waals surface area contributed by atoms with Crippen molar-refractivity contribution in [3.05, 3.63) is 76.5 Å². The maximum atomic E-state index is 13.4. The van der Waals surface area contributed by atoms with Gasteiger partial charge in [-0.3, -0.25) is 4.79 Å². The normalized spacial score (nSPS) is 10.9. The minimum absolute atomic E-state index is 0.262. The van der Waals surface area contributed by atoms with Crippen LogP contribution in [0, 0.1) is 5.82 Å². The number of aromatic nitrogens is 1. The van der Waals surface area contributed by atoms with Crippen LogP contribution in [0.2, 0.25) is 0 Å². The number of fused-ring (bicyclic) bond motifs is 1. The predicted molar refractivity (Wildman–Crippen MR) is 113 cm³/mol. The topological polar surface area (TPSA) is 64.4 Å². The quantitative estimate of drug-likeness (QED) is 0.398. The van der Waals surface area contributed by atoms with Gasteiger partial charge in [0.25, 0.3) is 5.91 Å². The van der Waals surface area contributed by atoms with Gasteiger partial charge in [-0.05, 0) is 77.5 Å². The highest BCUT2D eigenvalue weighted by Crippen LogP contribution is 2.28. The van der Waals surface area contributed by atoms with Crippen molar-refractivity contribution in [1.29, 1.82) is 0 Å². The second kappa shape index (κ2) is 8.05. The molecular formula is C22H16BrFN2O3. The Bertz CT molecular complexity index is 1210. The number of nitrogens with one attached hydrogen (secondary N) is 1. The third-order valence-corrected chi connectivity index (χ3v) is 4.83. The van der Waals surface area contributed by atoms with Crippen LogP contribution in [-0.4, -0.2) is 17.5 Å². The summed E-state index contributed by atoms with van der Waals surface area (Å²) in [4.78, 5) is 17.0. The zero-order chi connectivity index (χ0) is 20.4. The molecule has 0 saturated carbocycles. The van der Waals surface area contributed by atoms with E-state index in [0.29, 0.717) is 50.6 Å². The van der Waals surface area contributed by atoms with Crippen molar-refractivity contribution in [2.75, 3.05) is 11.9 Å². The molecule has 1 N–H and O–H groups in total. The van der Waals surface area contributed by atoms with Crippen molar-refractivity contribution < 1.29 is 18.3 Å². The number of hydrogen-bond donors (Lipinski definition) is 1. The lowest BCUT2D eigenvalue weighted by molar-refractivity contribution is 0.102. The lowest BCUT2D eigenvalue weighted by Gasteiger charge is -2.09. The summed E-state index contributed by atoms with van der Waals surface area (Å²) in [5, 5.41) is 2.84. The van der Waals surface area contributed by atoms with Gasteiger partial charge in [-0.2, -0.15) is 0 Å². The summed E-state index contributed by atoms with van der Waals surface area (Å²) in [5.41, 5.74) is 2.72. The molecular weight excluding hydrogens is 439 g/mol. The highest BCUT2D eigenvalue weighted by Gasteiger charge is 2.13. The first-order valence-electron chi connectivity index (χ1n) is 8.93. The SMILES string of the molecule is CCOc1ccc(C(=O)Nc2ccc3oc(-c4cccc(F)c4)nc3c2)cc1Br. The van der Waals surface area contributed by atoms with Crippen molar-refractivity contribution in [3.8, 4) is 17.2 Å². The van der Waals surface area contributed by atoms with E-state index >= 15 is 0 Å². The number of nitrogens with zero attached hydrogens (tertiary/aromatic N) is 1. The second-order valence-corrected chi connectivity index (χ2v) is 7.10. The Balaban J connectivity index is 1.57. The van der Waals surface area contributed by atoms with Crippen LogP contribution in [0.5, 0.6) is 5.75 Å². The monoisotopic (exact) mass is 454 g/mol. The average molecular weight is 455 g/mol. The summed E-state index contributed by atoms with van der Waals surface area (Å²) in [6.07, 6.45) is 0. The van der Waals surface area contributed by atoms with Crippen LogP contribution in [0.15, 0.2) is 69.6 Å². The molecule has 0 radical (unpaired) electrons. The Morgan fingerprint density at radius 2 is 2.03 bits per heavy atom. The van der Waals surface area contributed by atoms with Gasteiger partial charge >= 0.3 is 0 Å². The molecule has 0 atom stereocenters. The largest absolute Gasteiger partial charge is 0.493 e. The first-order chi connectivity index (χ1) is 14.0. The van der Waals surface area contributed by atoms with E-state index in [-0.39, 0.29) is 11.7 Å². The van der Waals surface area contributed by atoms with Gasteiger partial charge in [-0.1, -0.05) is 6.07 Å². The lowest BCUT2D eigenvalue weighted by atomic mass is 10.2. The van der Waals surface area contributed by atoms with Crippen molar-refractivity contribution in [2.45, 2.75) is 6.92 Å². The number of rotatable bonds is 5. The van der Waals surface area contributed by atoms with Crippen LogP contribution in [0.25, 0.3) is 22.6 Å². The molecule has 5 nitrogen and oxygen atoms in total. The summed E-state index contributed by atoms with van der Waals surface area (Å²) >= 11 is 3.41. The molecule has 0 aliphatic rings. The van der Waals surface area contributed by atoms with Crippen LogP contribution in [-0.2, 0) is 0 Å². The Hall–Kier alpha value is -3.19. The fourth-order valence-corrected chi connectivity index (χ4v) is 3.36. The molecule has 0 fully saturated rings. The summed E-state index contributed by atoms with van der Waals surface area (Å²) in [6.45, 7) is 2.44. The molecule has 4 rings (SSSR count). The Morgan fingerprint density at radius 1 is 1.17 bits per heavy atom. The number of amides is 1. The summed E-state index contributed by atoms with van der Waals surface area (Å²) in [6, 6.07) is 16.3. The molecule has 29 heavy (non-hydrogen) atoms. The molecule has 0 aliphatic heterocycles. The lowest BCUT2D eigenvalue weighted by Crippen LogP contribution is -2.12. The van der Waals surface area contributed by atoms with E-state index in [1.54, 1.807) is 48.5 Å². The molecule has 0 aliphatic carbocycles. The number of hydrogen-bond acceptors (Lipinski definition) is 4.